The molecule has 1 aliphatic carbocycles. The number of carbonyl (C=O) groups excluding carboxylic acids is 1. The highest BCUT2D eigenvalue weighted by Gasteiger charge is 2.31. The lowest BCUT2D eigenvalue weighted by Gasteiger charge is -2.18. The monoisotopic (exact) mass is 427 g/mol. The van der Waals surface area contributed by atoms with Gasteiger partial charge in [0.2, 0.25) is 5.91 Å². The second-order valence-electron chi connectivity index (χ2n) is 7.19. The lowest BCUT2D eigenvalue weighted by atomic mass is 10.2. The third-order valence-electron chi connectivity index (χ3n) is 5.05. The van der Waals surface area contributed by atoms with Crippen molar-refractivity contribution in [3.8, 4) is 5.75 Å². The molecule has 1 atom stereocenters. The molecule has 9 heteroatoms. The zero-order valence-electron chi connectivity index (χ0n) is 16.5. The van der Waals surface area contributed by atoms with E-state index in [1.54, 1.807) is 6.92 Å². The molecule has 0 bridgehead atoms. The number of aromatic nitrogens is 2. The fourth-order valence-corrected chi connectivity index (χ4v) is 4.54. The number of imidazole rings is 1. The van der Waals surface area contributed by atoms with Crippen molar-refractivity contribution < 1.29 is 22.7 Å². The van der Waals surface area contributed by atoms with E-state index in [1.807, 2.05) is 6.92 Å². The molecule has 1 heterocycles. The third kappa shape index (κ3) is 5.46. The lowest BCUT2D eigenvalue weighted by Crippen LogP contribution is -2.23. The molecule has 29 heavy (non-hydrogen) atoms. The molecule has 0 aliphatic heterocycles. The smallest absolute Gasteiger partial charge is 0.406 e. The van der Waals surface area contributed by atoms with Gasteiger partial charge in [-0.1, -0.05) is 24.6 Å². The average molecular weight is 427 g/mol. The van der Waals surface area contributed by atoms with Gasteiger partial charge in [0.1, 0.15) is 5.75 Å². The summed E-state index contributed by atoms with van der Waals surface area (Å²) in [6.45, 7) is 5.82. The van der Waals surface area contributed by atoms with E-state index in [0.29, 0.717) is 11.7 Å². The minimum atomic E-state index is -4.74. The Balaban J connectivity index is 1.65. The van der Waals surface area contributed by atoms with Crippen molar-refractivity contribution in [3.05, 3.63) is 35.7 Å². The van der Waals surface area contributed by atoms with Gasteiger partial charge in [0, 0.05) is 17.4 Å². The van der Waals surface area contributed by atoms with Gasteiger partial charge in [-0.15, -0.1) is 13.2 Å². The number of nitrogens with zero attached hydrogens (tertiary/aromatic N) is 2. The van der Waals surface area contributed by atoms with Gasteiger partial charge in [-0.2, -0.15) is 0 Å². The number of hydrogen-bond acceptors (Lipinski definition) is 4. The maximum absolute atomic E-state index is 12.6. The number of carbonyl (C=O) groups is 1. The van der Waals surface area contributed by atoms with E-state index >= 15 is 0 Å². The van der Waals surface area contributed by atoms with E-state index in [0.717, 1.165) is 29.4 Å². The molecule has 0 spiro atoms. The number of anilines is 1. The Kier molecular flexibility index (Phi) is 6.45. The van der Waals surface area contributed by atoms with Crippen LogP contribution in [0.2, 0.25) is 0 Å². The first kappa shape index (κ1) is 21.5. The summed E-state index contributed by atoms with van der Waals surface area (Å²) in [4.78, 5) is 17.2. The van der Waals surface area contributed by atoms with E-state index < -0.39 is 11.6 Å². The minimum Gasteiger partial charge on any atom is -0.406 e. The predicted octanol–water partition coefficient (Wildman–Crippen LogP) is 5.63. The number of aryl methyl sites for hydroxylation is 1. The molecule has 1 saturated carbocycles. The van der Waals surface area contributed by atoms with Crippen LogP contribution in [0.3, 0.4) is 0 Å². The number of rotatable bonds is 6. The molecule has 2 aromatic rings. The van der Waals surface area contributed by atoms with E-state index in [9.17, 15) is 18.0 Å². The number of benzene rings is 1. The number of ether oxygens (including phenoxy) is 1. The van der Waals surface area contributed by atoms with Gasteiger partial charge >= 0.3 is 6.36 Å². The first-order valence-corrected chi connectivity index (χ1v) is 10.4. The van der Waals surface area contributed by atoms with Crippen LogP contribution in [0.15, 0.2) is 29.4 Å². The van der Waals surface area contributed by atoms with Crippen LogP contribution in [0.1, 0.15) is 50.0 Å². The number of hydrogen-bond donors (Lipinski definition) is 1. The van der Waals surface area contributed by atoms with Crippen molar-refractivity contribution >= 4 is 23.4 Å². The quantitative estimate of drug-likeness (QED) is 0.607. The van der Waals surface area contributed by atoms with Gasteiger partial charge in [-0.3, -0.25) is 4.79 Å². The van der Waals surface area contributed by atoms with Gasteiger partial charge in [0.25, 0.3) is 0 Å². The Morgan fingerprint density at radius 1 is 1.24 bits per heavy atom. The van der Waals surface area contributed by atoms with Crippen LogP contribution in [-0.2, 0) is 4.79 Å². The van der Waals surface area contributed by atoms with Gasteiger partial charge in [0.05, 0.1) is 10.9 Å². The molecule has 0 unspecified atom stereocenters. The largest absolute Gasteiger partial charge is 0.573 e. The topological polar surface area (TPSA) is 56.1 Å². The molecule has 1 fully saturated rings. The van der Waals surface area contributed by atoms with E-state index in [2.05, 4.69) is 26.5 Å². The minimum absolute atomic E-state index is 0.240. The lowest BCUT2D eigenvalue weighted by molar-refractivity contribution is -0.274. The standard InChI is InChI=1S/C20H24F3N3O2S/c1-12-13(2)26(16-6-4-5-7-16)19(24-12)29-14(3)18(27)25-15-8-10-17(11-9-15)28-20(21,22)23/h8-11,14,16H,4-7H2,1-3H3,(H,25,27)/t14-/m0/s1. The van der Waals surface area contributed by atoms with Crippen molar-refractivity contribution in [3.63, 3.8) is 0 Å². The summed E-state index contributed by atoms with van der Waals surface area (Å²) in [5.74, 6) is -0.571. The maximum Gasteiger partial charge on any atom is 0.573 e. The van der Waals surface area contributed by atoms with Crippen molar-refractivity contribution in [2.45, 2.75) is 69.3 Å². The van der Waals surface area contributed by atoms with Crippen LogP contribution in [0.25, 0.3) is 0 Å². The fourth-order valence-electron chi connectivity index (χ4n) is 3.47. The zero-order valence-corrected chi connectivity index (χ0v) is 17.4. The van der Waals surface area contributed by atoms with E-state index in [4.69, 9.17) is 0 Å². The second kappa shape index (κ2) is 8.69. The second-order valence-corrected chi connectivity index (χ2v) is 8.50. The van der Waals surface area contributed by atoms with Crippen molar-refractivity contribution in [1.29, 1.82) is 0 Å². The number of alkyl halides is 3. The summed E-state index contributed by atoms with van der Waals surface area (Å²) in [5.41, 5.74) is 2.50. The van der Waals surface area contributed by atoms with Gasteiger partial charge in [-0.25, -0.2) is 4.98 Å². The van der Waals surface area contributed by atoms with Crippen molar-refractivity contribution in [2.75, 3.05) is 5.32 Å². The highest BCUT2D eigenvalue weighted by atomic mass is 32.2. The summed E-state index contributed by atoms with van der Waals surface area (Å²) < 4.78 is 42.8. The molecule has 1 aromatic heterocycles. The Morgan fingerprint density at radius 3 is 2.45 bits per heavy atom. The van der Waals surface area contributed by atoms with Crippen LogP contribution < -0.4 is 10.1 Å². The molecule has 1 N–H and O–H groups in total. The van der Waals surface area contributed by atoms with E-state index in [1.165, 1.54) is 48.9 Å². The summed E-state index contributed by atoms with van der Waals surface area (Å²) in [7, 11) is 0. The van der Waals surface area contributed by atoms with Gasteiger partial charge in [0.15, 0.2) is 5.16 Å². The summed E-state index contributed by atoms with van der Waals surface area (Å²) in [5, 5.41) is 3.15. The summed E-state index contributed by atoms with van der Waals surface area (Å²) in [6, 6.07) is 5.52. The third-order valence-corrected chi connectivity index (χ3v) is 6.12. The van der Waals surface area contributed by atoms with Crippen molar-refractivity contribution in [1.82, 2.24) is 9.55 Å². The molecule has 5 nitrogen and oxygen atoms in total. The number of nitrogens with one attached hydrogen (secondary N) is 1. The Hall–Kier alpha value is -2.16. The number of thioether (sulfide) groups is 1. The zero-order chi connectivity index (χ0) is 21.2. The predicted molar refractivity (Wildman–Crippen MR) is 106 cm³/mol. The van der Waals surface area contributed by atoms with Gasteiger partial charge in [-0.05, 0) is 57.9 Å². The highest BCUT2D eigenvalue weighted by molar-refractivity contribution is 8.00. The maximum atomic E-state index is 12.6. The van der Waals surface area contributed by atoms with Crippen LogP contribution in [-0.4, -0.2) is 27.1 Å². The average Bonchev–Trinajstić information content (AvgIpc) is 3.24. The molecule has 3 rings (SSSR count). The molecular weight excluding hydrogens is 403 g/mol. The molecule has 158 valence electrons. The van der Waals surface area contributed by atoms with Crippen LogP contribution >= 0.6 is 11.8 Å². The molecule has 1 aromatic carbocycles. The fraction of sp³-hybridized carbons (Fsp3) is 0.500. The SMILES string of the molecule is Cc1nc(S[C@@H](C)C(=O)Nc2ccc(OC(F)(F)F)cc2)n(C2CCCC2)c1C. The molecular formula is C20H24F3N3O2S. The highest BCUT2D eigenvalue weighted by Crippen LogP contribution is 2.36. The van der Waals surface area contributed by atoms with Crippen LogP contribution in [0.5, 0.6) is 5.75 Å². The Labute approximate surface area is 172 Å². The van der Waals surface area contributed by atoms with E-state index in [-0.39, 0.29) is 11.7 Å². The first-order chi connectivity index (χ1) is 13.6. The molecule has 0 saturated heterocycles. The molecule has 1 amide bonds. The molecule has 1 aliphatic rings. The number of halogens is 3. The Morgan fingerprint density at radius 2 is 1.86 bits per heavy atom. The van der Waals surface area contributed by atoms with Gasteiger partial charge < -0.3 is 14.6 Å². The van der Waals surface area contributed by atoms with Crippen LogP contribution in [0.4, 0.5) is 18.9 Å². The number of amides is 1. The Bertz CT molecular complexity index is 859. The molecule has 0 radical (unpaired) electrons. The first-order valence-electron chi connectivity index (χ1n) is 9.53. The summed E-state index contributed by atoms with van der Waals surface area (Å²) >= 11 is 1.40. The normalized spacial score (nSPS) is 16.1. The van der Waals surface area contributed by atoms with Crippen molar-refractivity contribution in [2.24, 2.45) is 0 Å². The summed E-state index contributed by atoms with van der Waals surface area (Å²) in [6.07, 6.45) is -0.0906. The van der Waals surface area contributed by atoms with Crippen LogP contribution in [0, 0.1) is 13.8 Å².